The molecule has 0 radical (unpaired) electrons. The van der Waals surface area contributed by atoms with Gasteiger partial charge in [-0.25, -0.2) is 4.79 Å². The third-order valence-corrected chi connectivity index (χ3v) is 2.16. The number of carboxylic acids is 1. The van der Waals surface area contributed by atoms with Crippen LogP contribution >= 0.6 is 9.42 Å². The van der Waals surface area contributed by atoms with E-state index in [0.29, 0.717) is 5.92 Å². The van der Waals surface area contributed by atoms with E-state index in [4.69, 9.17) is 26.1 Å². The molecule has 19 heavy (non-hydrogen) atoms. The Balaban J connectivity index is -0.000000207. The van der Waals surface area contributed by atoms with Crippen LogP contribution in [0.3, 0.4) is 0 Å². The molecule has 0 aromatic heterocycles. The van der Waals surface area contributed by atoms with Crippen LogP contribution < -0.4 is 0 Å². The first kappa shape index (κ1) is 23.4. The van der Waals surface area contributed by atoms with Gasteiger partial charge >= 0.3 is 34.2 Å². The molecular formula is C10H17ClN2O5Pt-3. The average Bonchev–Trinajstić information content (AvgIpc) is 2.37. The molecule has 1 saturated carbocycles. The summed E-state index contributed by atoms with van der Waals surface area (Å²) < 4.78 is 0. The third kappa shape index (κ3) is 19.9. The molecule has 1 rings (SSSR count). The number of aliphatic carboxylic acids is 1. The zero-order valence-corrected chi connectivity index (χ0v) is 13.2. The molecule has 0 aromatic carbocycles. The van der Waals surface area contributed by atoms with Gasteiger partial charge in [0.2, 0.25) is 0 Å². The number of hydrogen-bond acceptors (Lipinski definition) is 5. The number of rotatable bonds is 1. The van der Waals surface area contributed by atoms with Gasteiger partial charge in [-0.1, -0.05) is 25.7 Å². The molecule has 0 bridgehead atoms. The summed E-state index contributed by atoms with van der Waals surface area (Å²) in [4.78, 5) is 17.3. The molecule has 1 aliphatic carbocycles. The molecule has 0 aromatic rings. The number of carboxylic acid groups (broad SMARTS) is 1. The van der Waals surface area contributed by atoms with Gasteiger partial charge in [0.25, 0.3) is 0 Å². The summed E-state index contributed by atoms with van der Waals surface area (Å²) >= 11 is 1.61. The van der Waals surface area contributed by atoms with Crippen molar-refractivity contribution in [2.75, 3.05) is 0 Å². The summed E-state index contributed by atoms with van der Waals surface area (Å²) in [5.74, 6) is -1.78. The second-order valence-electron chi connectivity index (χ2n) is 3.48. The van der Waals surface area contributed by atoms with E-state index in [1.165, 1.54) is 19.3 Å². The van der Waals surface area contributed by atoms with Crippen LogP contribution in [0.1, 0.15) is 25.7 Å². The summed E-state index contributed by atoms with van der Waals surface area (Å²) in [6, 6.07) is 0.142. The minimum absolute atomic E-state index is 0.142. The molecule has 3 N–H and O–H groups in total. The second-order valence-corrected chi connectivity index (χ2v) is 3.48. The van der Waals surface area contributed by atoms with E-state index < -0.39 is 11.7 Å². The van der Waals surface area contributed by atoms with E-state index in [1.807, 2.05) is 0 Å². The molecule has 0 heterocycles. The molecule has 1 fully saturated rings. The van der Waals surface area contributed by atoms with Gasteiger partial charge in [-0.05, 0) is 6.58 Å². The van der Waals surface area contributed by atoms with Crippen molar-refractivity contribution in [1.29, 1.82) is 0 Å². The van der Waals surface area contributed by atoms with Crippen molar-refractivity contribution in [2.45, 2.75) is 31.7 Å². The zero-order chi connectivity index (χ0) is 15.8. The molecule has 7 nitrogen and oxygen atoms in total. The first-order valence-corrected chi connectivity index (χ1v) is 7.90. The summed E-state index contributed by atoms with van der Waals surface area (Å²) in [5, 5.41) is 24.5. The molecule has 2 atom stereocenters. The van der Waals surface area contributed by atoms with Crippen molar-refractivity contribution in [3.63, 3.8) is 0 Å². The molecule has 117 valence electrons. The fraction of sp³-hybridized carbons (Fsp3) is 0.600. The number of carbonyl (C=O) groups is 1. The number of hydrogen-bond donors (Lipinski definition) is 2. The molecular weight excluding hydrogens is 459 g/mol. The topological polar surface area (TPSA) is 134 Å². The molecule has 9 heteroatoms. The van der Waals surface area contributed by atoms with E-state index in [0.717, 1.165) is 11.8 Å². The summed E-state index contributed by atoms with van der Waals surface area (Å²) in [7, 11) is 4.61. The Morgan fingerprint density at radius 3 is 1.89 bits per heavy atom. The van der Waals surface area contributed by atoms with Crippen LogP contribution in [-0.2, 0) is 23.6 Å². The van der Waals surface area contributed by atoms with Crippen LogP contribution in [0.25, 0.3) is 5.73 Å². The van der Waals surface area contributed by atoms with Gasteiger partial charge in [0, 0.05) is 0 Å². The van der Waals surface area contributed by atoms with Gasteiger partial charge in [0.05, 0.1) is 0 Å². The Labute approximate surface area is 127 Å². The van der Waals surface area contributed by atoms with Gasteiger partial charge < -0.3 is 33.0 Å². The van der Waals surface area contributed by atoms with Crippen molar-refractivity contribution in [2.24, 2.45) is 11.3 Å². The quantitative estimate of drug-likeness (QED) is 0.197. The fourth-order valence-electron chi connectivity index (χ4n) is 1.21. The molecule has 0 spiro atoms. The average molecular weight is 476 g/mol. The van der Waals surface area contributed by atoms with Gasteiger partial charge in [0.1, 0.15) is 0 Å². The molecule has 0 saturated heterocycles. The van der Waals surface area contributed by atoms with Gasteiger partial charge in [-0.3, -0.25) is 0 Å². The predicted molar refractivity (Wildman–Crippen MR) is 69.8 cm³/mol. The number of aliphatic hydroxyl groups excluding tert-OH is 1. The van der Waals surface area contributed by atoms with Crippen LogP contribution in [0.2, 0.25) is 0 Å². The first-order valence-electron chi connectivity index (χ1n) is 5.09. The fourth-order valence-corrected chi connectivity index (χ4v) is 1.21. The molecule has 2 unspecified atom stereocenters. The van der Waals surface area contributed by atoms with Crippen molar-refractivity contribution in [3.05, 3.63) is 35.1 Å². The van der Waals surface area contributed by atoms with Crippen LogP contribution in [0.4, 0.5) is 0 Å². The Morgan fingerprint density at radius 2 is 1.74 bits per heavy atom. The monoisotopic (exact) mass is 475 g/mol. The molecule has 0 aliphatic heterocycles. The van der Waals surface area contributed by atoms with E-state index in [1.54, 1.807) is 18.8 Å². The number of aliphatic hydroxyl groups is 1. The van der Waals surface area contributed by atoms with Crippen LogP contribution in [-0.4, -0.2) is 22.2 Å². The summed E-state index contributed by atoms with van der Waals surface area (Å²) in [6.45, 7) is 6.60. The third-order valence-electron chi connectivity index (χ3n) is 2.16. The van der Waals surface area contributed by atoms with Crippen molar-refractivity contribution in [1.82, 2.24) is 0 Å². The van der Waals surface area contributed by atoms with E-state index in [-0.39, 0.29) is 6.04 Å². The van der Waals surface area contributed by atoms with Crippen LogP contribution in [0.5, 0.6) is 0 Å². The van der Waals surface area contributed by atoms with Crippen LogP contribution in [0, 0.1) is 23.0 Å². The standard InChI is InChI=1S/C7H13N.C3H4O3.ClH.HNO2.Pt/c1-6-4-2-3-5-7(6)8;1-2(4)3(5)6;;2-1-3;/h6-8H,1-5H2;4H,1H2,(H,5,6);1H;(H,2,3);/q-2;;;;+1/p-2. The number of nitrogens with one attached hydrogen (secondary N) is 1. The molecule has 0 amide bonds. The maximum atomic E-state index is 9.35. The van der Waals surface area contributed by atoms with Crippen molar-refractivity contribution < 1.29 is 33.8 Å². The Hall–Kier alpha value is -0.652. The van der Waals surface area contributed by atoms with E-state index in [9.17, 15) is 4.79 Å². The Morgan fingerprint density at radius 1 is 1.42 bits per heavy atom. The van der Waals surface area contributed by atoms with Crippen molar-refractivity contribution >= 4 is 15.4 Å². The van der Waals surface area contributed by atoms with Gasteiger partial charge in [-0.15, -0.1) is 5.34 Å². The van der Waals surface area contributed by atoms with Crippen LogP contribution in [0.15, 0.2) is 17.7 Å². The normalized spacial score (nSPS) is 20.1. The summed E-state index contributed by atoms with van der Waals surface area (Å²) in [5.41, 5.74) is 7.42. The number of nitrogens with zero attached hydrogens (tertiary/aromatic N) is 1. The Kier molecular flexibility index (Phi) is 21.4. The zero-order valence-electron chi connectivity index (χ0n) is 10.2. The SMILES string of the molecule is C=C(O)C(=O)O.O=N[O-].[CH2-]C1CCCCC1[NH-].[Cl][Pt]. The van der Waals surface area contributed by atoms with E-state index >= 15 is 0 Å². The van der Waals surface area contributed by atoms with Gasteiger partial charge in [-0.2, -0.15) is 12.0 Å². The predicted octanol–water partition coefficient (Wildman–Crippen LogP) is 3.51. The maximum absolute atomic E-state index is 9.35. The second kappa shape index (κ2) is 17.3. The minimum atomic E-state index is -1.38. The van der Waals surface area contributed by atoms with E-state index in [2.05, 4.69) is 22.9 Å². The Bertz CT molecular complexity index is 234. The number of halogens is 1. The van der Waals surface area contributed by atoms with Crippen molar-refractivity contribution in [3.8, 4) is 0 Å². The molecule has 1 aliphatic rings. The van der Waals surface area contributed by atoms with Gasteiger partial charge in [0.15, 0.2) is 5.76 Å². The first-order chi connectivity index (χ1) is 8.86. The summed E-state index contributed by atoms with van der Waals surface area (Å²) in [6.07, 6.45) is 4.80.